The van der Waals surface area contributed by atoms with Crippen molar-refractivity contribution >= 4 is 17.7 Å². The van der Waals surface area contributed by atoms with Crippen LogP contribution in [0.15, 0.2) is 36.4 Å². The first kappa shape index (κ1) is 22.3. The summed E-state index contributed by atoms with van der Waals surface area (Å²) in [4.78, 5) is 39.8. The molecule has 0 radical (unpaired) electrons. The van der Waals surface area contributed by atoms with Gasteiger partial charge in [-0.25, -0.2) is 4.79 Å². The number of aromatic nitrogens is 1. The first-order valence-corrected chi connectivity index (χ1v) is 11.3. The van der Waals surface area contributed by atoms with Crippen molar-refractivity contribution in [1.29, 1.82) is 0 Å². The van der Waals surface area contributed by atoms with E-state index in [1.54, 1.807) is 6.92 Å². The van der Waals surface area contributed by atoms with Gasteiger partial charge in [-0.15, -0.1) is 0 Å². The summed E-state index contributed by atoms with van der Waals surface area (Å²) in [5, 5.41) is 2.80. The Kier molecular flexibility index (Phi) is 6.20. The van der Waals surface area contributed by atoms with Gasteiger partial charge in [0.25, 0.3) is 5.91 Å². The largest absolute Gasteiger partial charge is 0.376 e. The molecule has 2 atom stereocenters. The molecule has 0 aliphatic carbocycles. The van der Waals surface area contributed by atoms with E-state index < -0.39 is 11.6 Å². The molecule has 32 heavy (non-hydrogen) atoms. The second kappa shape index (κ2) is 8.90. The molecule has 7 heteroatoms. The Bertz CT molecular complexity index is 1020. The lowest BCUT2D eigenvalue weighted by molar-refractivity contribution is -0.130. The smallest absolute Gasteiger partial charge is 0.325 e. The summed E-state index contributed by atoms with van der Waals surface area (Å²) < 4.78 is 7.83. The highest BCUT2D eigenvalue weighted by Gasteiger charge is 2.48. The van der Waals surface area contributed by atoms with Gasteiger partial charge in [-0.3, -0.25) is 14.5 Å². The van der Waals surface area contributed by atoms with Crippen molar-refractivity contribution in [3.05, 3.63) is 58.9 Å². The topological polar surface area (TPSA) is 80.6 Å². The molecule has 2 fully saturated rings. The first-order valence-electron chi connectivity index (χ1n) is 11.3. The number of carbonyl (C=O) groups excluding carboxylic acids is 3. The van der Waals surface area contributed by atoms with E-state index in [2.05, 4.69) is 9.88 Å². The number of aryl methyl sites for hydroxylation is 2. The molecule has 2 aromatic rings. The molecule has 0 unspecified atom stereocenters. The first-order chi connectivity index (χ1) is 15.3. The minimum Gasteiger partial charge on any atom is -0.376 e. The summed E-state index contributed by atoms with van der Waals surface area (Å²) in [5.74, 6) is -0.576. The quantitative estimate of drug-likeness (QED) is 0.507. The van der Waals surface area contributed by atoms with Crippen LogP contribution < -0.4 is 5.32 Å². The number of rotatable bonds is 8. The number of hydrogen-bond donors (Lipinski definition) is 1. The molecular formula is C25H31N3O4. The van der Waals surface area contributed by atoms with Crippen LogP contribution in [0.3, 0.4) is 0 Å². The number of carbonyl (C=O) groups is 3. The average molecular weight is 438 g/mol. The van der Waals surface area contributed by atoms with Crippen molar-refractivity contribution < 1.29 is 19.1 Å². The van der Waals surface area contributed by atoms with E-state index in [4.69, 9.17) is 4.74 Å². The fourth-order valence-electron chi connectivity index (χ4n) is 4.68. The second-order valence-electron chi connectivity index (χ2n) is 9.09. The van der Waals surface area contributed by atoms with E-state index in [1.807, 2.05) is 50.2 Å². The summed E-state index contributed by atoms with van der Waals surface area (Å²) in [6, 6.07) is 11.2. The van der Waals surface area contributed by atoms with Gasteiger partial charge in [-0.05, 0) is 58.1 Å². The second-order valence-corrected chi connectivity index (χ2v) is 9.09. The molecule has 0 spiro atoms. The minimum atomic E-state index is -1.01. The number of amides is 3. The van der Waals surface area contributed by atoms with E-state index >= 15 is 0 Å². The van der Waals surface area contributed by atoms with E-state index in [0.717, 1.165) is 41.3 Å². The predicted molar refractivity (Wildman–Crippen MR) is 121 cm³/mol. The molecule has 1 aromatic heterocycles. The fraction of sp³-hybridized carbons (Fsp3) is 0.480. The van der Waals surface area contributed by atoms with Gasteiger partial charge in [0.2, 0.25) is 0 Å². The van der Waals surface area contributed by atoms with Crippen molar-refractivity contribution in [3.8, 4) is 0 Å². The average Bonchev–Trinajstić information content (AvgIpc) is 3.44. The third kappa shape index (κ3) is 4.35. The molecule has 2 aliphatic rings. The third-order valence-electron chi connectivity index (χ3n) is 6.69. The van der Waals surface area contributed by atoms with Crippen molar-refractivity contribution in [2.75, 3.05) is 13.2 Å². The zero-order chi connectivity index (χ0) is 22.9. The van der Waals surface area contributed by atoms with Crippen LogP contribution in [0.1, 0.15) is 53.5 Å². The lowest BCUT2D eigenvalue weighted by Crippen LogP contribution is -2.44. The zero-order valence-corrected chi connectivity index (χ0v) is 19.0. The maximum Gasteiger partial charge on any atom is 0.325 e. The highest BCUT2D eigenvalue weighted by atomic mass is 16.5. The summed E-state index contributed by atoms with van der Waals surface area (Å²) in [6.07, 6.45) is 3.38. The number of urea groups is 1. The number of Topliss-reactive ketones (excluding diaryl/α,β-unsaturated/α-hetero) is 1. The molecule has 0 saturated carbocycles. The molecule has 3 heterocycles. The van der Waals surface area contributed by atoms with Crippen molar-refractivity contribution in [3.63, 3.8) is 0 Å². The summed E-state index contributed by atoms with van der Waals surface area (Å²) in [6.45, 7) is 6.85. The highest BCUT2D eigenvalue weighted by molar-refractivity contribution is 6.11. The van der Waals surface area contributed by atoms with Crippen LogP contribution in [0.5, 0.6) is 0 Å². The highest BCUT2D eigenvalue weighted by Crippen LogP contribution is 2.25. The third-order valence-corrected chi connectivity index (χ3v) is 6.69. The molecule has 2 saturated heterocycles. The van der Waals surface area contributed by atoms with Crippen molar-refractivity contribution in [1.82, 2.24) is 14.8 Å². The van der Waals surface area contributed by atoms with Gasteiger partial charge < -0.3 is 14.6 Å². The molecule has 3 amide bonds. The molecule has 7 nitrogen and oxygen atoms in total. The Morgan fingerprint density at radius 3 is 2.66 bits per heavy atom. The molecule has 1 aromatic carbocycles. The van der Waals surface area contributed by atoms with Crippen LogP contribution in [0.4, 0.5) is 4.79 Å². The van der Waals surface area contributed by atoms with Gasteiger partial charge in [-0.2, -0.15) is 0 Å². The summed E-state index contributed by atoms with van der Waals surface area (Å²) in [7, 11) is 0. The molecular weight excluding hydrogens is 406 g/mol. The van der Waals surface area contributed by atoms with E-state index in [-0.39, 0.29) is 24.3 Å². The van der Waals surface area contributed by atoms with E-state index in [9.17, 15) is 14.4 Å². The zero-order valence-electron chi connectivity index (χ0n) is 19.0. The van der Waals surface area contributed by atoms with E-state index in [0.29, 0.717) is 24.9 Å². The van der Waals surface area contributed by atoms with Crippen LogP contribution in [0.2, 0.25) is 0 Å². The molecule has 1 N–H and O–H groups in total. The SMILES string of the molecule is Cc1cc(C(=O)CN2C(=O)N[C@](C)(CCc3ccccc3)C2=O)c(C)n1C[C@@H]1CCCO1. The number of ketones is 1. The maximum atomic E-state index is 13.1. The summed E-state index contributed by atoms with van der Waals surface area (Å²) >= 11 is 0. The van der Waals surface area contributed by atoms with Gasteiger partial charge in [0, 0.05) is 30.1 Å². The van der Waals surface area contributed by atoms with Crippen LogP contribution in [-0.4, -0.2) is 52.0 Å². The lowest BCUT2D eigenvalue weighted by atomic mass is 9.93. The number of nitrogens with zero attached hydrogens (tertiary/aromatic N) is 2. The lowest BCUT2D eigenvalue weighted by Gasteiger charge is -2.21. The van der Waals surface area contributed by atoms with Crippen LogP contribution >= 0.6 is 0 Å². The van der Waals surface area contributed by atoms with Crippen LogP contribution in [-0.2, 0) is 22.5 Å². The molecule has 170 valence electrons. The monoisotopic (exact) mass is 437 g/mol. The molecule has 0 bridgehead atoms. The van der Waals surface area contributed by atoms with Crippen LogP contribution in [0, 0.1) is 13.8 Å². The van der Waals surface area contributed by atoms with Gasteiger partial charge in [0.15, 0.2) is 5.78 Å². The Morgan fingerprint density at radius 2 is 1.97 bits per heavy atom. The number of benzene rings is 1. The number of hydrogen-bond acceptors (Lipinski definition) is 4. The Labute approximate surface area is 188 Å². The number of imide groups is 1. The standard InChI is InChI=1S/C25H31N3O4/c1-17-14-21(18(2)27(17)15-20-10-7-13-32-20)22(29)16-28-23(30)25(3,26-24(28)31)12-11-19-8-5-4-6-9-19/h4-6,8-9,14,20H,7,10-13,15-16H2,1-3H3,(H,26,31)/t20-,25+/m0/s1. The minimum absolute atomic E-state index is 0.166. The van der Waals surface area contributed by atoms with Crippen LogP contribution in [0.25, 0.3) is 0 Å². The van der Waals surface area contributed by atoms with Gasteiger partial charge in [0.05, 0.1) is 12.6 Å². The normalized spacial score (nSPS) is 23.1. The fourth-order valence-corrected chi connectivity index (χ4v) is 4.68. The van der Waals surface area contributed by atoms with E-state index in [1.165, 1.54) is 0 Å². The maximum absolute atomic E-state index is 13.1. The van der Waals surface area contributed by atoms with Crippen molar-refractivity contribution in [2.45, 2.75) is 64.6 Å². The molecule has 4 rings (SSSR count). The Balaban J connectivity index is 1.44. The predicted octanol–water partition coefficient (Wildman–Crippen LogP) is 3.41. The molecule has 2 aliphatic heterocycles. The van der Waals surface area contributed by atoms with Gasteiger partial charge in [0.1, 0.15) is 5.54 Å². The number of nitrogens with one attached hydrogen (secondary N) is 1. The Hall–Kier alpha value is -2.93. The summed E-state index contributed by atoms with van der Waals surface area (Å²) in [5.41, 5.74) is 2.47. The van der Waals surface area contributed by atoms with Gasteiger partial charge >= 0.3 is 6.03 Å². The Morgan fingerprint density at radius 1 is 1.22 bits per heavy atom. The van der Waals surface area contributed by atoms with Crippen molar-refractivity contribution in [2.24, 2.45) is 0 Å². The number of ether oxygens (including phenoxy) is 1. The van der Waals surface area contributed by atoms with Gasteiger partial charge in [-0.1, -0.05) is 30.3 Å².